The average Bonchev–Trinajstić information content (AvgIpc) is 2.69. The molecule has 0 heterocycles. The van der Waals surface area contributed by atoms with Crippen molar-refractivity contribution in [3.05, 3.63) is 0 Å². The highest BCUT2D eigenvalue weighted by molar-refractivity contribution is 8.00. The zero-order chi connectivity index (χ0) is 26.1. The Hall–Kier alpha value is 0.230. The Kier molecular flexibility index (Phi) is 14.2. The van der Waals surface area contributed by atoms with Crippen LogP contribution in [-0.2, 0) is 0 Å². The van der Waals surface area contributed by atoms with Crippen LogP contribution in [0, 0.1) is 0 Å². The van der Waals surface area contributed by atoms with Gasteiger partial charge >= 0.3 is 24.2 Å². The van der Waals surface area contributed by atoms with Crippen LogP contribution in [0.3, 0.4) is 0 Å². The normalized spacial score (nSPS) is 17.6. The van der Waals surface area contributed by atoms with Gasteiger partial charge in [0.25, 0.3) is 0 Å². The van der Waals surface area contributed by atoms with E-state index in [-0.39, 0.29) is 36.4 Å². The molecule has 0 aliphatic carbocycles. The highest BCUT2D eigenvalue weighted by Gasteiger charge is 2.57. The van der Waals surface area contributed by atoms with Crippen LogP contribution < -0.4 is 0 Å². The summed E-state index contributed by atoms with van der Waals surface area (Å²) in [5.41, 5.74) is 0. The molecule has 0 spiro atoms. The van der Waals surface area contributed by atoms with Crippen molar-refractivity contribution < 1.29 is 43.9 Å². The van der Waals surface area contributed by atoms with Crippen molar-refractivity contribution in [3.8, 4) is 0 Å². The van der Waals surface area contributed by atoms with E-state index in [9.17, 15) is 43.9 Å². The summed E-state index contributed by atoms with van der Waals surface area (Å²) >= 11 is 12.9. The standard InChI is InChI=1S/C20H30Cl2F10S/c1-3-13(21)5-7-15(9-11-17(23,24)19(27,28)29)33-16(8-6-14(22)4-2)10-12-18(25,26)20(30,31)32/h13-16H,3-12H2,1-2H3. The summed E-state index contributed by atoms with van der Waals surface area (Å²) in [5, 5.41) is -2.36. The predicted octanol–water partition coefficient (Wildman–Crippen LogP) is 10.0. The number of halogens is 12. The fourth-order valence-electron chi connectivity index (χ4n) is 2.94. The smallest absolute Gasteiger partial charge is 0.196 e. The van der Waals surface area contributed by atoms with E-state index in [0.29, 0.717) is 12.8 Å². The van der Waals surface area contributed by atoms with E-state index in [4.69, 9.17) is 23.2 Å². The SMILES string of the molecule is CCC(Cl)CCC(CCC(F)(F)C(F)(F)F)SC(CCC(Cl)CC)CCC(F)(F)C(F)(F)F. The molecule has 0 amide bonds. The first-order chi connectivity index (χ1) is 14.9. The number of thioether (sulfide) groups is 1. The lowest BCUT2D eigenvalue weighted by molar-refractivity contribution is -0.284. The summed E-state index contributed by atoms with van der Waals surface area (Å²) in [5.74, 6) is -9.86. The van der Waals surface area contributed by atoms with Crippen LogP contribution in [0.15, 0.2) is 0 Å². The van der Waals surface area contributed by atoms with Crippen LogP contribution in [0.1, 0.15) is 78.1 Å². The molecule has 0 fully saturated rings. The second-order valence-corrected chi connectivity index (χ2v) is 10.9. The maximum Gasteiger partial charge on any atom is 0.453 e. The third kappa shape index (κ3) is 12.7. The summed E-state index contributed by atoms with van der Waals surface area (Å²) in [4.78, 5) is 0. The Morgan fingerprint density at radius 2 is 0.848 bits per heavy atom. The van der Waals surface area contributed by atoms with E-state index in [1.54, 1.807) is 13.8 Å². The van der Waals surface area contributed by atoms with Crippen LogP contribution >= 0.6 is 35.0 Å². The summed E-state index contributed by atoms with van der Waals surface area (Å²) < 4.78 is 129. The fraction of sp³-hybridized carbons (Fsp3) is 1.00. The zero-order valence-electron chi connectivity index (χ0n) is 18.3. The Morgan fingerprint density at radius 3 is 1.09 bits per heavy atom. The van der Waals surface area contributed by atoms with E-state index >= 15 is 0 Å². The largest absolute Gasteiger partial charge is 0.453 e. The number of hydrogen-bond acceptors (Lipinski definition) is 1. The molecule has 4 unspecified atom stereocenters. The predicted molar refractivity (Wildman–Crippen MR) is 114 cm³/mol. The van der Waals surface area contributed by atoms with Gasteiger partial charge in [-0.3, -0.25) is 0 Å². The van der Waals surface area contributed by atoms with Crippen LogP contribution in [-0.4, -0.2) is 45.5 Å². The van der Waals surface area contributed by atoms with Gasteiger partial charge in [-0.1, -0.05) is 13.8 Å². The fourth-order valence-corrected chi connectivity index (χ4v) is 4.79. The number of rotatable bonds is 16. The minimum atomic E-state index is -5.73. The monoisotopic (exact) mass is 562 g/mol. The van der Waals surface area contributed by atoms with Crippen molar-refractivity contribution in [1.29, 1.82) is 0 Å². The van der Waals surface area contributed by atoms with Crippen molar-refractivity contribution in [3.63, 3.8) is 0 Å². The summed E-state index contributed by atoms with van der Waals surface area (Å²) in [6.07, 6.45) is -13.8. The summed E-state index contributed by atoms with van der Waals surface area (Å²) in [6.45, 7) is 3.51. The van der Waals surface area contributed by atoms with Gasteiger partial charge in [0.05, 0.1) is 0 Å². The maximum absolute atomic E-state index is 13.4. The molecule has 33 heavy (non-hydrogen) atoms. The van der Waals surface area contributed by atoms with Crippen LogP contribution in [0.25, 0.3) is 0 Å². The first kappa shape index (κ1) is 33.2. The van der Waals surface area contributed by atoms with Gasteiger partial charge in [0.15, 0.2) is 0 Å². The zero-order valence-corrected chi connectivity index (χ0v) is 20.7. The maximum atomic E-state index is 13.4. The molecule has 0 radical (unpaired) electrons. The van der Waals surface area contributed by atoms with Gasteiger partial charge in [-0.05, 0) is 51.4 Å². The van der Waals surface area contributed by atoms with Gasteiger partial charge in [0.1, 0.15) is 0 Å². The van der Waals surface area contributed by atoms with Crippen molar-refractivity contribution >= 4 is 35.0 Å². The van der Waals surface area contributed by atoms with E-state index in [1.165, 1.54) is 0 Å². The Balaban J connectivity index is 5.44. The molecule has 0 saturated carbocycles. The molecule has 4 atom stereocenters. The second-order valence-electron chi connectivity index (χ2n) is 8.03. The molecule has 0 rings (SSSR count). The Morgan fingerprint density at radius 1 is 0.545 bits per heavy atom. The third-order valence-electron chi connectivity index (χ3n) is 5.26. The molecular weight excluding hydrogens is 533 g/mol. The summed E-state index contributed by atoms with van der Waals surface area (Å²) in [7, 11) is 0. The molecule has 0 aliphatic rings. The lowest BCUT2D eigenvalue weighted by atomic mass is 10.0. The lowest BCUT2D eigenvalue weighted by Gasteiger charge is -2.28. The summed E-state index contributed by atoms with van der Waals surface area (Å²) in [6, 6.07) is 0. The van der Waals surface area contributed by atoms with Crippen LogP contribution in [0.2, 0.25) is 0 Å². The van der Waals surface area contributed by atoms with Gasteiger partial charge in [-0.25, -0.2) is 0 Å². The highest BCUT2D eigenvalue weighted by atomic mass is 35.5. The topological polar surface area (TPSA) is 0 Å². The van der Waals surface area contributed by atoms with Crippen molar-refractivity contribution in [1.82, 2.24) is 0 Å². The van der Waals surface area contributed by atoms with Crippen molar-refractivity contribution in [2.75, 3.05) is 0 Å². The minimum absolute atomic E-state index is 0.130. The average molecular weight is 563 g/mol. The third-order valence-corrected chi connectivity index (χ3v) is 8.03. The van der Waals surface area contributed by atoms with Gasteiger partial charge < -0.3 is 0 Å². The van der Waals surface area contributed by atoms with Crippen LogP contribution in [0.5, 0.6) is 0 Å². The van der Waals surface area contributed by atoms with Crippen molar-refractivity contribution in [2.45, 2.75) is 124 Å². The molecule has 200 valence electrons. The number of hydrogen-bond donors (Lipinski definition) is 0. The first-order valence-electron chi connectivity index (χ1n) is 10.7. The van der Waals surface area contributed by atoms with Gasteiger partial charge in [-0.2, -0.15) is 55.7 Å². The van der Waals surface area contributed by atoms with Gasteiger partial charge in [-0.15, -0.1) is 23.2 Å². The van der Waals surface area contributed by atoms with E-state index in [2.05, 4.69) is 0 Å². The van der Waals surface area contributed by atoms with Crippen molar-refractivity contribution in [2.24, 2.45) is 0 Å². The molecule has 0 aromatic heterocycles. The quantitative estimate of drug-likeness (QED) is 0.133. The molecule has 0 N–H and O–H groups in total. The van der Waals surface area contributed by atoms with Gasteiger partial charge in [0.2, 0.25) is 0 Å². The molecule has 0 aromatic carbocycles. The second kappa shape index (κ2) is 14.1. The Labute approximate surface area is 202 Å². The van der Waals surface area contributed by atoms with E-state index in [0.717, 1.165) is 11.8 Å². The lowest BCUT2D eigenvalue weighted by Crippen LogP contribution is -2.37. The molecule has 0 aliphatic heterocycles. The van der Waals surface area contributed by atoms with E-state index < -0.39 is 60.4 Å². The van der Waals surface area contributed by atoms with Gasteiger partial charge in [0, 0.05) is 34.1 Å². The Bertz CT molecular complexity index is 494. The minimum Gasteiger partial charge on any atom is -0.196 e. The molecule has 0 aromatic rings. The molecular formula is C20H30Cl2F10S. The molecule has 13 heteroatoms. The highest BCUT2D eigenvalue weighted by Crippen LogP contribution is 2.44. The molecule has 0 saturated heterocycles. The van der Waals surface area contributed by atoms with E-state index in [1.807, 2.05) is 0 Å². The number of alkyl halides is 12. The molecule has 0 nitrogen and oxygen atoms in total. The first-order valence-corrected chi connectivity index (χ1v) is 12.5. The van der Waals surface area contributed by atoms with Crippen LogP contribution in [0.4, 0.5) is 43.9 Å². The molecule has 0 bridgehead atoms.